The summed E-state index contributed by atoms with van der Waals surface area (Å²) < 4.78 is 0. The van der Waals surface area contributed by atoms with Crippen molar-refractivity contribution < 1.29 is 9.59 Å². The lowest BCUT2D eigenvalue weighted by Crippen LogP contribution is -2.44. The number of unbranched alkanes of at least 4 members (excludes halogenated alkanes) is 2. The van der Waals surface area contributed by atoms with Crippen molar-refractivity contribution in [2.45, 2.75) is 85.0 Å². The number of H-pyrrole nitrogens is 1. The topological polar surface area (TPSA) is 177 Å². The molecule has 54 heavy (non-hydrogen) atoms. The summed E-state index contributed by atoms with van der Waals surface area (Å²) in [6, 6.07) is 18.8. The first-order valence-electron chi connectivity index (χ1n) is 18.8. The van der Waals surface area contributed by atoms with E-state index in [1.807, 2.05) is 48.5 Å². The molecule has 0 bridgehead atoms. The van der Waals surface area contributed by atoms with Crippen LogP contribution in [0.1, 0.15) is 90.7 Å². The number of rotatable bonds is 15. The molecule has 3 aromatic carbocycles. The van der Waals surface area contributed by atoms with Crippen molar-refractivity contribution >= 4 is 57.5 Å². The van der Waals surface area contributed by atoms with Gasteiger partial charge in [-0.2, -0.15) is 10.1 Å². The number of aromatic amines is 1. The van der Waals surface area contributed by atoms with Crippen LogP contribution in [0.3, 0.4) is 0 Å². The zero-order chi connectivity index (χ0) is 38.5. The van der Waals surface area contributed by atoms with Gasteiger partial charge in [0.1, 0.15) is 5.69 Å². The van der Waals surface area contributed by atoms with Crippen LogP contribution in [0.2, 0.25) is 0 Å². The second kappa shape index (κ2) is 19.1. The lowest BCUT2D eigenvalue weighted by molar-refractivity contribution is 0.255. The summed E-state index contributed by atoms with van der Waals surface area (Å²) in [5.74, 6) is 0.712. The molecule has 0 fully saturated rings. The van der Waals surface area contributed by atoms with Crippen LogP contribution in [0.25, 0.3) is 10.8 Å². The normalized spacial score (nSPS) is 13.8. The number of guanidine groups is 1. The van der Waals surface area contributed by atoms with Gasteiger partial charge in [0.15, 0.2) is 0 Å². The van der Waals surface area contributed by atoms with Crippen LogP contribution in [-0.4, -0.2) is 28.0 Å². The fourth-order valence-corrected chi connectivity index (χ4v) is 6.33. The van der Waals surface area contributed by atoms with E-state index in [1.165, 1.54) is 6.07 Å². The van der Waals surface area contributed by atoms with Crippen LogP contribution < -0.4 is 32.1 Å². The molecule has 0 aliphatic carbocycles. The predicted molar refractivity (Wildman–Crippen MR) is 218 cm³/mol. The average molecular weight is 731 g/mol. The van der Waals surface area contributed by atoms with Gasteiger partial charge in [0.25, 0.3) is 5.56 Å². The Morgan fingerprint density at radius 1 is 0.796 bits per heavy atom. The second-order valence-corrected chi connectivity index (χ2v) is 13.3. The number of amides is 4. The van der Waals surface area contributed by atoms with Crippen LogP contribution >= 0.6 is 0 Å². The van der Waals surface area contributed by atoms with Gasteiger partial charge in [-0.1, -0.05) is 90.3 Å². The van der Waals surface area contributed by atoms with E-state index < -0.39 is 17.6 Å². The first-order valence-corrected chi connectivity index (χ1v) is 18.8. The maximum absolute atomic E-state index is 13.5. The molecule has 4 aromatic rings. The van der Waals surface area contributed by atoms with E-state index in [9.17, 15) is 14.4 Å². The number of hydrogen-bond acceptors (Lipinski definition) is 8. The van der Waals surface area contributed by atoms with Gasteiger partial charge in [-0.05, 0) is 84.7 Å². The summed E-state index contributed by atoms with van der Waals surface area (Å²) in [4.78, 5) is 50.5. The summed E-state index contributed by atoms with van der Waals surface area (Å²) in [7, 11) is 0. The molecule has 1 aliphatic rings. The Kier molecular flexibility index (Phi) is 13.8. The van der Waals surface area contributed by atoms with E-state index in [0.717, 1.165) is 73.5 Å². The van der Waals surface area contributed by atoms with Crippen molar-refractivity contribution in [1.82, 2.24) is 20.6 Å². The van der Waals surface area contributed by atoms with Crippen LogP contribution in [0.4, 0.5) is 38.3 Å². The highest BCUT2D eigenvalue weighted by molar-refractivity contribution is 6.05. The highest BCUT2D eigenvalue weighted by atomic mass is 16.2. The number of aliphatic imine (C=N–C) groups is 1. The minimum absolute atomic E-state index is 0.0410. The van der Waals surface area contributed by atoms with Crippen LogP contribution in [0.15, 0.2) is 111 Å². The molecule has 2 atom stereocenters. The van der Waals surface area contributed by atoms with Crippen molar-refractivity contribution in [3.05, 3.63) is 107 Å². The number of azo groups is 1. The van der Waals surface area contributed by atoms with E-state index in [1.54, 1.807) is 18.2 Å². The van der Waals surface area contributed by atoms with Gasteiger partial charge in [-0.3, -0.25) is 15.4 Å². The number of anilines is 3. The number of nitrogens with one attached hydrogen (secondary N) is 6. The summed E-state index contributed by atoms with van der Waals surface area (Å²) in [5.41, 5.74) is 3.35. The summed E-state index contributed by atoms with van der Waals surface area (Å²) in [5, 5.41) is 25.3. The monoisotopic (exact) mass is 730 g/mol. The SMILES string of the molecule is C=C1C=C(C(CC)CCCC)NC(NC(=O)Nc2cc(NC(=O)Nc3nc(=O)cc(C(CC)CCCC)[nH]3)ccc2N=Nc2ccc3ccccc3c2)=N1. The number of carbonyl (C=O) groups is 2. The molecule has 0 radical (unpaired) electrons. The fourth-order valence-electron chi connectivity index (χ4n) is 6.33. The smallest absolute Gasteiger partial charge is 0.326 e. The van der Waals surface area contributed by atoms with Gasteiger partial charge in [-0.25, -0.2) is 14.6 Å². The van der Waals surface area contributed by atoms with Gasteiger partial charge in [0.05, 0.1) is 17.1 Å². The molecule has 4 amide bonds. The maximum Gasteiger partial charge on any atom is 0.326 e. The third-order valence-corrected chi connectivity index (χ3v) is 9.25. The molecule has 1 aliphatic heterocycles. The van der Waals surface area contributed by atoms with E-state index in [0.29, 0.717) is 22.8 Å². The molecular formula is C41H50N10O3. The van der Waals surface area contributed by atoms with Gasteiger partial charge in [0, 0.05) is 23.1 Å². The Labute approximate surface area is 316 Å². The minimum Gasteiger partial charge on any atom is -0.329 e. The molecule has 2 heterocycles. The number of benzene rings is 3. The zero-order valence-electron chi connectivity index (χ0n) is 31.5. The lowest BCUT2D eigenvalue weighted by atomic mass is 9.94. The standard InChI is InChI=1S/C41H50N10O3/c1-6-10-14-27(8-3)34-22-26(5)42-38(44-34)48-41(54)46-36-24-31(20-21-33(36)51-50-32-19-18-29-16-12-13-17-30(29)23-32)43-40(53)49-39-45-35(25-37(52)47-39)28(9-4)15-11-7-2/h12-13,16-25,27-28H,5-11,14-15H2,1-4H3,(H3,42,44,46,48,54)(H3,43,45,47,49,52,53). The van der Waals surface area contributed by atoms with Crippen molar-refractivity contribution in [2.75, 3.05) is 16.0 Å². The molecule has 282 valence electrons. The van der Waals surface area contributed by atoms with Crippen molar-refractivity contribution in [1.29, 1.82) is 0 Å². The molecule has 2 unspecified atom stereocenters. The van der Waals surface area contributed by atoms with Crippen molar-refractivity contribution in [2.24, 2.45) is 21.1 Å². The number of allylic oxidation sites excluding steroid dienone is 2. The molecule has 6 N–H and O–H groups in total. The van der Waals surface area contributed by atoms with Gasteiger partial charge in [0.2, 0.25) is 11.9 Å². The van der Waals surface area contributed by atoms with E-state index in [2.05, 4.69) is 86.0 Å². The fraction of sp³-hybridized carbons (Fsp3) is 0.341. The molecule has 13 nitrogen and oxygen atoms in total. The third kappa shape index (κ3) is 11.0. The molecule has 0 spiro atoms. The Morgan fingerprint density at radius 3 is 2.26 bits per heavy atom. The first kappa shape index (κ1) is 39.1. The highest BCUT2D eigenvalue weighted by Gasteiger charge is 2.20. The quantitative estimate of drug-likeness (QED) is 0.0666. The Balaban J connectivity index is 1.35. The Hall–Kier alpha value is -6.11. The van der Waals surface area contributed by atoms with Crippen LogP contribution in [-0.2, 0) is 0 Å². The molecule has 0 saturated carbocycles. The van der Waals surface area contributed by atoms with E-state index in [-0.39, 0.29) is 29.4 Å². The summed E-state index contributed by atoms with van der Waals surface area (Å²) in [6.07, 6.45) is 9.85. The number of nitrogens with zero attached hydrogens (tertiary/aromatic N) is 4. The van der Waals surface area contributed by atoms with Gasteiger partial charge < -0.3 is 20.9 Å². The zero-order valence-corrected chi connectivity index (χ0v) is 31.5. The first-order chi connectivity index (χ1) is 26.2. The number of aromatic nitrogens is 2. The minimum atomic E-state index is -0.634. The average Bonchev–Trinajstić information content (AvgIpc) is 3.14. The molecular weight excluding hydrogens is 681 g/mol. The summed E-state index contributed by atoms with van der Waals surface area (Å²) >= 11 is 0. The lowest BCUT2D eigenvalue weighted by Gasteiger charge is -2.24. The van der Waals surface area contributed by atoms with Crippen molar-refractivity contribution in [3.63, 3.8) is 0 Å². The Bertz CT molecular complexity index is 2120. The van der Waals surface area contributed by atoms with Crippen LogP contribution in [0, 0.1) is 5.92 Å². The van der Waals surface area contributed by atoms with Gasteiger partial charge >= 0.3 is 12.1 Å². The highest BCUT2D eigenvalue weighted by Crippen LogP contribution is 2.31. The van der Waals surface area contributed by atoms with Gasteiger partial charge in [-0.15, -0.1) is 5.11 Å². The molecule has 1 aromatic heterocycles. The second-order valence-electron chi connectivity index (χ2n) is 13.3. The van der Waals surface area contributed by atoms with E-state index in [4.69, 9.17) is 0 Å². The maximum atomic E-state index is 13.5. The molecule has 13 heteroatoms. The number of urea groups is 2. The predicted octanol–water partition coefficient (Wildman–Crippen LogP) is 10.4. The molecule has 5 rings (SSSR count). The third-order valence-electron chi connectivity index (χ3n) is 9.25. The largest absolute Gasteiger partial charge is 0.329 e. The number of hydrogen-bond donors (Lipinski definition) is 6. The van der Waals surface area contributed by atoms with Crippen molar-refractivity contribution in [3.8, 4) is 0 Å². The summed E-state index contributed by atoms with van der Waals surface area (Å²) in [6.45, 7) is 12.5. The molecule has 0 saturated heterocycles. The van der Waals surface area contributed by atoms with Crippen LogP contribution in [0.5, 0.6) is 0 Å². The number of carbonyl (C=O) groups excluding carboxylic acids is 2. The number of fused-ring (bicyclic) bond motifs is 1. The van der Waals surface area contributed by atoms with E-state index >= 15 is 0 Å². The Morgan fingerprint density at radius 2 is 1.52 bits per heavy atom.